The van der Waals surface area contributed by atoms with E-state index in [1.807, 2.05) is 0 Å². The highest BCUT2D eigenvalue weighted by molar-refractivity contribution is 6.21. The van der Waals surface area contributed by atoms with Crippen LogP contribution in [0.25, 0.3) is 0 Å². The molecule has 2 heterocycles. The number of fused-ring (bicyclic) bond motifs is 1. The summed E-state index contributed by atoms with van der Waals surface area (Å²) >= 11 is 0. The molecule has 0 spiro atoms. The lowest BCUT2D eigenvalue weighted by molar-refractivity contribution is -0.923. The molecule has 1 aromatic carbocycles. The van der Waals surface area contributed by atoms with Crippen LogP contribution in [-0.2, 0) is 4.74 Å². The first-order valence-corrected chi connectivity index (χ1v) is 6.47. The van der Waals surface area contributed by atoms with Crippen molar-refractivity contribution in [2.75, 3.05) is 40.0 Å². The second-order valence-electron chi connectivity index (χ2n) is 5.40. The zero-order valence-electron chi connectivity index (χ0n) is 11.3. The Morgan fingerprint density at radius 3 is 2.10 bits per heavy atom. The van der Waals surface area contributed by atoms with Crippen molar-refractivity contribution in [1.82, 2.24) is 4.90 Å². The summed E-state index contributed by atoms with van der Waals surface area (Å²) in [5.41, 5.74) is 1.04. The van der Waals surface area contributed by atoms with Crippen molar-refractivity contribution in [3.05, 3.63) is 35.4 Å². The van der Waals surface area contributed by atoms with Crippen LogP contribution in [0.15, 0.2) is 24.3 Å². The van der Waals surface area contributed by atoms with Gasteiger partial charge in [0.2, 0.25) is 0 Å². The van der Waals surface area contributed by atoms with Gasteiger partial charge in [0, 0.05) is 0 Å². The number of carbonyl (C=O) groups excluding carboxylic acids is 2. The Hall–Kier alpha value is -0.990. The molecule has 1 fully saturated rings. The van der Waals surface area contributed by atoms with Gasteiger partial charge >= 0.3 is 0 Å². The second kappa shape index (κ2) is 5.79. The Labute approximate surface area is 135 Å². The highest BCUT2D eigenvalue weighted by Crippen LogP contribution is 2.24. The van der Waals surface area contributed by atoms with Crippen molar-refractivity contribution in [3.63, 3.8) is 0 Å². The van der Waals surface area contributed by atoms with Crippen molar-refractivity contribution in [1.29, 1.82) is 0 Å². The third-order valence-electron chi connectivity index (χ3n) is 3.91. The zero-order chi connectivity index (χ0) is 13.5. The molecule has 3 rings (SSSR count). The minimum Gasteiger partial charge on any atom is -1.00 e. The summed E-state index contributed by atoms with van der Waals surface area (Å²) in [6, 6.07) is 7.01. The summed E-state index contributed by atoms with van der Waals surface area (Å²) in [7, 11) is 2.06. The van der Waals surface area contributed by atoms with Crippen LogP contribution in [-0.4, -0.2) is 61.2 Å². The maximum atomic E-state index is 12.3. The van der Waals surface area contributed by atoms with Gasteiger partial charge in [0.25, 0.3) is 11.8 Å². The van der Waals surface area contributed by atoms with E-state index in [2.05, 4.69) is 7.05 Å². The van der Waals surface area contributed by atoms with Gasteiger partial charge in [-0.15, -0.1) is 0 Å². The molecule has 2 aliphatic rings. The van der Waals surface area contributed by atoms with E-state index in [-0.39, 0.29) is 35.8 Å². The monoisotopic (exact) mass is 388 g/mol. The molecule has 0 unspecified atom stereocenters. The number of hydrogen-bond donors (Lipinski definition) is 0. The first kappa shape index (κ1) is 15.4. The van der Waals surface area contributed by atoms with E-state index in [9.17, 15) is 9.59 Å². The summed E-state index contributed by atoms with van der Waals surface area (Å²) in [4.78, 5) is 25.9. The number of rotatable bonds is 2. The van der Waals surface area contributed by atoms with Gasteiger partial charge in [-0.3, -0.25) is 9.59 Å². The lowest BCUT2D eigenvalue weighted by Crippen LogP contribution is -3.00. The van der Waals surface area contributed by atoms with Gasteiger partial charge in [0.05, 0.1) is 31.4 Å². The Kier molecular flexibility index (Phi) is 4.46. The Bertz CT molecular complexity index is 506. The lowest BCUT2D eigenvalue weighted by atomic mass is 10.1. The number of hydrogen-bond acceptors (Lipinski definition) is 3. The van der Waals surface area contributed by atoms with Gasteiger partial charge < -0.3 is 33.2 Å². The summed E-state index contributed by atoms with van der Waals surface area (Å²) in [5, 5.41) is 0. The van der Waals surface area contributed by atoms with Crippen LogP contribution in [0.3, 0.4) is 0 Å². The molecule has 0 N–H and O–H groups in total. The first-order valence-electron chi connectivity index (χ1n) is 6.47. The maximum Gasteiger partial charge on any atom is 0.265 e. The van der Waals surface area contributed by atoms with Gasteiger partial charge in [-0.05, 0) is 12.1 Å². The molecule has 20 heavy (non-hydrogen) atoms. The quantitative estimate of drug-likeness (QED) is 0.326. The molecule has 6 heteroatoms. The normalized spacial score (nSPS) is 20.6. The highest BCUT2D eigenvalue weighted by atomic mass is 127. The standard InChI is InChI=1S/C14H17N2O3.HI/c1-16(6-8-19-9-7-16)10-15-13(17)11-4-2-3-5-12(11)14(15)18;/h2-5H,6-10H2,1H3;1H/q+1;/p-1. The summed E-state index contributed by atoms with van der Waals surface area (Å²) in [6.45, 7) is 3.44. The lowest BCUT2D eigenvalue weighted by Gasteiger charge is -2.39. The fraction of sp³-hybridized carbons (Fsp3) is 0.429. The molecule has 0 atom stereocenters. The molecule has 0 radical (unpaired) electrons. The molecule has 0 saturated carbocycles. The fourth-order valence-electron chi connectivity index (χ4n) is 2.63. The predicted molar refractivity (Wildman–Crippen MR) is 68.5 cm³/mol. The van der Waals surface area contributed by atoms with E-state index >= 15 is 0 Å². The Balaban J connectivity index is 0.00000147. The van der Waals surface area contributed by atoms with E-state index in [4.69, 9.17) is 4.74 Å². The van der Waals surface area contributed by atoms with Crippen LogP contribution < -0.4 is 24.0 Å². The van der Waals surface area contributed by atoms with Crippen molar-refractivity contribution < 1.29 is 42.8 Å². The van der Waals surface area contributed by atoms with Crippen LogP contribution in [0.1, 0.15) is 20.7 Å². The van der Waals surface area contributed by atoms with E-state index in [0.29, 0.717) is 35.5 Å². The second-order valence-corrected chi connectivity index (χ2v) is 5.40. The summed E-state index contributed by atoms with van der Waals surface area (Å²) in [6.07, 6.45) is 0. The number of imide groups is 1. The van der Waals surface area contributed by atoms with Gasteiger partial charge in [-0.2, -0.15) is 0 Å². The maximum absolute atomic E-state index is 12.3. The highest BCUT2D eigenvalue weighted by Gasteiger charge is 2.40. The molecule has 0 aliphatic carbocycles. The first-order chi connectivity index (χ1) is 9.11. The summed E-state index contributed by atoms with van der Waals surface area (Å²) < 4.78 is 6.01. The van der Waals surface area contributed by atoms with Gasteiger partial charge in [0.15, 0.2) is 6.67 Å². The molecular weight excluding hydrogens is 371 g/mol. The molecule has 2 amide bonds. The summed E-state index contributed by atoms with van der Waals surface area (Å²) in [5.74, 6) is -0.349. The number of morpholine rings is 1. The number of ether oxygens (including phenoxy) is 1. The average Bonchev–Trinajstić information content (AvgIpc) is 2.65. The molecule has 108 valence electrons. The molecule has 1 saturated heterocycles. The average molecular weight is 388 g/mol. The number of halogens is 1. The zero-order valence-corrected chi connectivity index (χ0v) is 13.5. The topological polar surface area (TPSA) is 46.6 Å². The third-order valence-corrected chi connectivity index (χ3v) is 3.91. The van der Waals surface area contributed by atoms with E-state index < -0.39 is 0 Å². The van der Waals surface area contributed by atoms with E-state index in [1.165, 1.54) is 4.90 Å². The van der Waals surface area contributed by atoms with Gasteiger partial charge in [0.1, 0.15) is 13.1 Å². The van der Waals surface area contributed by atoms with Crippen LogP contribution >= 0.6 is 0 Å². The van der Waals surface area contributed by atoms with Crippen LogP contribution in [0.2, 0.25) is 0 Å². The number of benzene rings is 1. The minimum absolute atomic E-state index is 0. The molecular formula is C14H17IN2O3. The third kappa shape index (κ3) is 2.59. The van der Waals surface area contributed by atoms with Crippen molar-refractivity contribution in [3.8, 4) is 0 Å². The van der Waals surface area contributed by atoms with E-state index in [0.717, 1.165) is 13.1 Å². The molecule has 0 bridgehead atoms. The number of quaternary nitrogens is 1. The fourth-order valence-corrected chi connectivity index (χ4v) is 2.63. The van der Waals surface area contributed by atoms with Crippen molar-refractivity contribution >= 4 is 11.8 Å². The Morgan fingerprint density at radius 2 is 1.60 bits per heavy atom. The number of nitrogens with zero attached hydrogens (tertiary/aromatic N) is 2. The van der Waals surface area contributed by atoms with Crippen molar-refractivity contribution in [2.45, 2.75) is 0 Å². The predicted octanol–water partition coefficient (Wildman–Crippen LogP) is -2.28. The minimum atomic E-state index is -0.175. The van der Waals surface area contributed by atoms with Gasteiger partial charge in [-0.25, -0.2) is 4.90 Å². The largest absolute Gasteiger partial charge is 1.00 e. The molecule has 2 aliphatic heterocycles. The Morgan fingerprint density at radius 1 is 1.10 bits per heavy atom. The van der Waals surface area contributed by atoms with Crippen molar-refractivity contribution in [2.24, 2.45) is 0 Å². The van der Waals surface area contributed by atoms with Gasteiger partial charge in [-0.1, -0.05) is 12.1 Å². The van der Waals surface area contributed by atoms with Crippen LogP contribution in [0.4, 0.5) is 0 Å². The van der Waals surface area contributed by atoms with Crippen LogP contribution in [0, 0.1) is 0 Å². The number of likely N-dealkylation sites (N-methyl/N-ethyl adjacent to an activating group) is 1. The molecule has 0 aromatic heterocycles. The SMILES string of the molecule is C[N+]1(CN2C(=O)c3ccccc3C2=O)CCOCC1.[I-]. The number of amides is 2. The molecule has 1 aromatic rings. The smallest absolute Gasteiger partial charge is 0.265 e. The van der Waals surface area contributed by atoms with E-state index in [1.54, 1.807) is 24.3 Å². The number of carbonyl (C=O) groups is 2. The molecule has 5 nitrogen and oxygen atoms in total. The van der Waals surface area contributed by atoms with Crippen LogP contribution in [0.5, 0.6) is 0 Å².